The van der Waals surface area contributed by atoms with Crippen molar-refractivity contribution in [3.8, 4) is 6.07 Å². The number of halogens is 1. The van der Waals surface area contributed by atoms with Crippen LogP contribution in [-0.2, 0) is 0 Å². The minimum atomic E-state index is -0.565. The molecule has 0 saturated carbocycles. The van der Waals surface area contributed by atoms with Crippen molar-refractivity contribution in [2.24, 2.45) is 0 Å². The standard InChI is InChI=1S/C8H6FNOS.C2H6/c1-5-2-3-7(9)8(12-11)6(5)4-10;1-2/h2-3,11H,1H3;1-2H3. The summed E-state index contributed by atoms with van der Waals surface area (Å²) in [5, 5.41) is 8.61. The van der Waals surface area contributed by atoms with Crippen molar-refractivity contribution in [3.05, 3.63) is 29.1 Å². The summed E-state index contributed by atoms with van der Waals surface area (Å²) >= 11 is 0.263. The molecular formula is C10H12FNOS. The highest BCUT2D eigenvalue weighted by atomic mass is 32.2. The number of aryl methyl sites for hydroxylation is 1. The van der Waals surface area contributed by atoms with E-state index in [1.807, 2.05) is 19.9 Å². The van der Waals surface area contributed by atoms with Gasteiger partial charge in [-0.3, -0.25) is 0 Å². The van der Waals surface area contributed by atoms with E-state index in [1.165, 1.54) is 12.1 Å². The van der Waals surface area contributed by atoms with Gasteiger partial charge in [0.1, 0.15) is 11.9 Å². The molecular weight excluding hydrogens is 201 g/mol. The molecule has 1 aromatic carbocycles. The van der Waals surface area contributed by atoms with Gasteiger partial charge < -0.3 is 4.55 Å². The molecule has 0 unspecified atom stereocenters. The fraction of sp³-hybridized carbons (Fsp3) is 0.300. The predicted molar refractivity (Wildman–Crippen MR) is 55.7 cm³/mol. The maximum atomic E-state index is 12.9. The molecule has 1 rings (SSSR count). The van der Waals surface area contributed by atoms with Gasteiger partial charge in [-0.2, -0.15) is 5.26 Å². The Labute approximate surface area is 87.6 Å². The van der Waals surface area contributed by atoms with Crippen molar-refractivity contribution in [1.82, 2.24) is 0 Å². The number of hydrogen-bond acceptors (Lipinski definition) is 3. The quantitative estimate of drug-likeness (QED) is 0.725. The third-order valence-corrected chi connectivity index (χ3v) is 2.10. The summed E-state index contributed by atoms with van der Waals surface area (Å²) in [6.07, 6.45) is 0. The summed E-state index contributed by atoms with van der Waals surface area (Å²) in [5.41, 5.74) is 0.859. The lowest BCUT2D eigenvalue weighted by Gasteiger charge is -2.02. The molecule has 0 atom stereocenters. The molecule has 0 amide bonds. The van der Waals surface area contributed by atoms with Crippen LogP contribution in [0.1, 0.15) is 25.0 Å². The zero-order valence-corrected chi connectivity index (χ0v) is 9.15. The van der Waals surface area contributed by atoms with Gasteiger partial charge in [0.15, 0.2) is 0 Å². The van der Waals surface area contributed by atoms with Crippen LogP contribution in [0, 0.1) is 24.1 Å². The maximum Gasteiger partial charge on any atom is 0.140 e. The van der Waals surface area contributed by atoms with E-state index in [0.717, 1.165) is 0 Å². The zero-order chi connectivity index (χ0) is 11.1. The number of nitrogens with zero attached hydrogens (tertiary/aromatic N) is 1. The second-order valence-electron chi connectivity index (χ2n) is 2.27. The fourth-order valence-corrected chi connectivity index (χ4v) is 1.34. The molecule has 1 aromatic rings. The molecule has 0 heterocycles. The van der Waals surface area contributed by atoms with Gasteiger partial charge in [-0.05, 0) is 18.6 Å². The lowest BCUT2D eigenvalue weighted by atomic mass is 10.1. The van der Waals surface area contributed by atoms with Crippen molar-refractivity contribution in [2.75, 3.05) is 0 Å². The highest BCUT2D eigenvalue weighted by Crippen LogP contribution is 2.25. The van der Waals surface area contributed by atoms with Gasteiger partial charge in [0, 0.05) is 12.0 Å². The van der Waals surface area contributed by atoms with Crippen LogP contribution in [0.2, 0.25) is 0 Å². The van der Waals surface area contributed by atoms with Crippen LogP contribution >= 0.6 is 12.0 Å². The number of rotatable bonds is 1. The summed E-state index contributed by atoms with van der Waals surface area (Å²) in [6.45, 7) is 5.69. The topological polar surface area (TPSA) is 44.0 Å². The number of hydrogen-bond donors (Lipinski definition) is 1. The van der Waals surface area contributed by atoms with E-state index in [4.69, 9.17) is 9.81 Å². The summed E-state index contributed by atoms with van der Waals surface area (Å²) in [7, 11) is 0. The highest BCUT2D eigenvalue weighted by Gasteiger charge is 2.10. The average molecular weight is 213 g/mol. The highest BCUT2D eigenvalue weighted by molar-refractivity contribution is 7.93. The average Bonchev–Trinajstić information content (AvgIpc) is 2.24. The van der Waals surface area contributed by atoms with Crippen LogP contribution in [0.4, 0.5) is 4.39 Å². The van der Waals surface area contributed by atoms with Crippen LogP contribution in [0.3, 0.4) is 0 Å². The normalized spacial score (nSPS) is 8.57. The van der Waals surface area contributed by atoms with Crippen LogP contribution in [0.15, 0.2) is 17.0 Å². The van der Waals surface area contributed by atoms with Gasteiger partial charge >= 0.3 is 0 Å². The molecule has 0 aliphatic rings. The van der Waals surface area contributed by atoms with Gasteiger partial charge in [0.05, 0.1) is 10.5 Å². The summed E-state index contributed by atoms with van der Waals surface area (Å²) in [5.74, 6) is -0.565. The number of nitriles is 1. The molecule has 4 heteroatoms. The molecule has 0 aromatic heterocycles. The van der Waals surface area contributed by atoms with E-state index in [2.05, 4.69) is 0 Å². The summed E-state index contributed by atoms with van der Waals surface area (Å²) in [6, 6.07) is 4.57. The second kappa shape index (κ2) is 6.41. The Morgan fingerprint density at radius 3 is 2.36 bits per heavy atom. The van der Waals surface area contributed by atoms with Gasteiger partial charge in [-0.1, -0.05) is 19.9 Å². The van der Waals surface area contributed by atoms with E-state index >= 15 is 0 Å². The first-order valence-electron chi connectivity index (χ1n) is 4.21. The van der Waals surface area contributed by atoms with Gasteiger partial charge in [-0.15, -0.1) is 0 Å². The predicted octanol–water partition coefficient (Wildman–Crippen LogP) is 3.60. The van der Waals surface area contributed by atoms with Crippen molar-refractivity contribution < 1.29 is 8.94 Å². The van der Waals surface area contributed by atoms with Crippen molar-refractivity contribution in [1.29, 1.82) is 5.26 Å². The van der Waals surface area contributed by atoms with E-state index in [0.29, 0.717) is 5.56 Å². The summed E-state index contributed by atoms with van der Waals surface area (Å²) < 4.78 is 21.6. The number of benzene rings is 1. The lowest BCUT2D eigenvalue weighted by Crippen LogP contribution is -1.90. The molecule has 0 spiro atoms. The molecule has 0 aliphatic heterocycles. The molecule has 76 valence electrons. The van der Waals surface area contributed by atoms with Crippen LogP contribution < -0.4 is 0 Å². The van der Waals surface area contributed by atoms with Crippen molar-refractivity contribution >= 4 is 12.0 Å². The molecule has 1 N–H and O–H groups in total. The molecule has 2 nitrogen and oxygen atoms in total. The molecule has 0 bridgehead atoms. The van der Waals surface area contributed by atoms with Crippen molar-refractivity contribution in [3.63, 3.8) is 0 Å². The third kappa shape index (κ3) is 2.72. The van der Waals surface area contributed by atoms with Gasteiger partial charge in [0.2, 0.25) is 0 Å². The Bertz CT molecular complexity index is 347. The third-order valence-electron chi connectivity index (χ3n) is 1.52. The first kappa shape index (κ1) is 12.9. The Balaban J connectivity index is 0.000000791. The van der Waals surface area contributed by atoms with E-state index in [-0.39, 0.29) is 22.5 Å². The van der Waals surface area contributed by atoms with E-state index in [1.54, 1.807) is 6.92 Å². The Morgan fingerprint density at radius 2 is 2.00 bits per heavy atom. The van der Waals surface area contributed by atoms with Crippen LogP contribution in [-0.4, -0.2) is 4.55 Å². The van der Waals surface area contributed by atoms with Crippen LogP contribution in [0.25, 0.3) is 0 Å². The first-order chi connectivity index (χ1) is 6.70. The Hall–Kier alpha value is -1.05. The van der Waals surface area contributed by atoms with Gasteiger partial charge in [-0.25, -0.2) is 4.39 Å². The zero-order valence-electron chi connectivity index (χ0n) is 8.34. The first-order valence-corrected chi connectivity index (χ1v) is 4.98. The largest absolute Gasteiger partial charge is 0.325 e. The molecule has 0 fully saturated rings. The molecule has 0 radical (unpaired) electrons. The minimum absolute atomic E-state index is 0.00231. The molecule has 0 saturated heterocycles. The smallest absolute Gasteiger partial charge is 0.140 e. The maximum absolute atomic E-state index is 12.9. The monoisotopic (exact) mass is 213 g/mol. The SMILES string of the molecule is CC.Cc1ccc(F)c(SO)c1C#N. The van der Waals surface area contributed by atoms with Gasteiger partial charge in [0.25, 0.3) is 0 Å². The molecule has 0 aliphatic carbocycles. The molecule has 14 heavy (non-hydrogen) atoms. The second-order valence-corrected chi connectivity index (χ2v) is 2.86. The lowest BCUT2D eigenvalue weighted by molar-refractivity contribution is 0.589. The van der Waals surface area contributed by atoms with Crippen LogP contribution in [0.5, 0.6) is 0 Å². The Kier molecular flexibility index (Phi) is 5.93. The van der Waals surface area contributed by atoms with E-state index < -0.39 is 5.82 Å². The van der Waals surface area contributed by atoms with E-state index in [9.17, 15) is 4.39 Å². The van der Waals surface area contributed by atoms with Crippen molar-refractivity contribution in [2.45, 2.75) is 25.7 Å². The Morgan fingerprint density at radius 1 is 1.43 bits per heavy atom. The summed E-state index contributed by atoms with van der Waals surface area (Å²) in [4.78, 5) is -0.00231. The minimum Gasteiger partial charge on any atom is -0.325 e. The fourth-order valence-electron chi connectivity index (χ4n) is 0.884.